The van der Waals surface area contributed by atoms with Crippen LogP contribution in [0.25, 0.3) is 0 Å². The van der Waals surface area contributed by atoms with Gasteiger partial charge in [0.05, 0.1) is 0 Å². The largest absolute Gasteiger partial charge is 0.313 e. The maximum atomic E-state index is 3.78. The lowest BCUT2D eigenvalue weighted by molar-refractivity contribution is 0.145. The summed E-state index contributed by atoms with van der Waals surface area (Å²) in [4.78, 5) is 2.67. The summed E-state index contributed by atoms with van der Waals surface area (Å²) in [5.41, 5.74) is 0. The quantitative estimate of drug-likeness (QED) is 0.786. The Labute approximate surface area is 120 Å². The normalized spacial score (nSPS) is 24.8. The molecule has 0 aromatic rings. The van der Waals surface area contributed by atoms with Gasteiger partial charge in [-0.15, -0.1) is 0 Å². The van der Waals surface area contributed by atoms with Gasteiger partial charge in [-0.05, 0) is 45.2 Å². The van der Waals surface area contributed by atoms with Gasteiger partial charge in [0.25, 0.3) is 0 Å². The lowest BCUT2D eigenvalue weighted by atomic mass is 9.83. The first-order valence-corrected chi connectivity index (χ1v) is 8.75. The fourth-order valence-corrected chi connectivity index (χ4v) is 4.16. The van der Waals surface area contributed by atoms with Crippen LogP contribution in [0.2, 0.25) is 0 Å². The van der Waals surface area contributed by atoms with E-state index in [1.807, 2.05) is 0 Å². The van der Waals surface area contributed by atoms with E-state index in [1.54, 1.807) is 0 Å². The fraction of sp³-hybridized carbons (Fsp3) is 1.00. The molecule has 112 valence electrons. The third-order valence-corrected chi connectivity index (χ3v) is 5.37. The Morgan fingerprint density at radius 2 is 1.53 bits per heavy atom. The SMILES string of the molecule is CCNC(CN(C)C1CCCCC1)C1CCCCC1. The Bertz CT molecular complexity index is 229. The Morgan fingerprint density at radius 3 is 2.11 bits per heavy atom. The molecule has 0 aliphatic heterocycles. The highest BCUT2D eigenvalue weighted by atomic mass is 15.2. The Hall–Kier alpha value is -0.0800. The molecule has 0 radical (unpaired) electrons. The third kappa shape index (κ3) is 4.75. The van der Waals surface area contributed by atoms with Crippen molar-refractivity contribution in [2.45, 2.75) is 83.2 Å². The molecule has 1 N–H and O–H groups in total. The summed E-state index contributed by atoms with van der Waals surface area (Å²) < 4.78 is 0. The van der Waals surface area contributed by atoms with Crippen LogP contribution in [0.4, 0.5) is 0 Å². The van der Waals surface area contributed by atoms with E-state index >= 15 is 0 Å². The minimum atomic E-state index is 0.734. The summed E-state index contributed by atoms with van der Waals surface area (Å²) >= 11 is 0. The lowest BCUT2D eigenvalue weighted by Gasteiger charge is -2.38. The summed E-state index contributed by atoms with van der Waals surface area (Å²) in [5, 5.41) is 3.78. The van der Waals surface area contributed by atoms with Gasteiger partial charge in [0, 0.05) is 18.6 Å². The molecule has 0 heterocycles. The summed E-state index contributed by atoms with van der Waals surface area (Å²) in [6.45, 7) is 4.65. The predicted molar refractivity (Wildman–Crippen MR) is 83.5 cm³/mol. The van der Waals surface area contributed by atoms with Gasteiger partial charge in [-0.3, -0.25) is 0 Å². The first-order valence-electron chi connectivity index (χ1n) is 8.75. The van der Waals surface area contributed by atoms with Crippen LogP contribution < -0.4 is 5.32 Å². The second kappa shape index (κ2) is 8.26. The van der Waals surface area contributed by atoms with Crippen molar-refractivity contribution in [1.82, 2.24) is 10.2 Å². The Kier molecular flexibility index (Phi) is 6.66. The summed E-state index contributed by atoms with van der Waals surface area (Å²) in [6.07, 6.45) is 14.5. The molecule has 2 saturated carbocycles. The highest BCUT2D eigenvalue weighted by Gasteiger charge is 2.26. The number of nitrogens with one attached hydrogen (secondary N) is 1. The van der Waals surface area contributed by atoms with E-state index in [0.29, 0.717) is 0 Å². The van der Waals surface area contributed by atoms with Crippen molar-refractivity contribution in [3.63, 3.8) is 0 Å². The topological polar surface area (TPSA) is 15.3 Å². The molecule has 2 aliphatic carbocycles. The zero-order chi connectivity index (χ0) is 13.5. The predicted octanol–water partition coefficient (Wildman–Crippen LogP) is 3.81. The van der Waals surface area contributed by atoms with Gasteiger partial charge in [0.1, 0.15) is 0 Å². The highest BCUT2D eigenvalue weighted by molar-refractivity contribution is 4.84. The van der Waals surface area contributed by atoms with E-state index in [2.05, 4.69) is 24.2 Å². The van der Waals surface area contributed by atoms with E-state index in [9.17, 15) is 0 Å². The molecule has 0 spiro atoms. The molecule has 1 unspecified atom stereocenters. The van der Waals surface area contributed by atoms with Gasteiger partial charge in [-0.1, -0.05) is 45.4 Å². The number of hydrogen-bond acceptors (Lipinski definition) is 2. The Balaban J connectivity index is 1.83. The van der Waals surface area contributed by atoms with Crippen LogP contribution >= 0.6 is 0 Å². The molecular formula is C17H34N2. The highest BCUT2D eigenvalue weighted by Crippen LogP contribution is 2.28. The average molecular weight is 266 g/mol. The standard InChI is InChI=1S/C17H34N2/c1-3-18-17(15-10-6-4-7-11-15)14-19(2)16-12-8-5-9-13-16/h15-18H,3-14H2,1-2H3. The van der Waals surface area contributed by atoms with Crippen molar-refractivity contribution >= 4 is 0 Å². The maximum absolute atomic E-state index is 3.78. The minimum Gasteiger partial charge on any atom is -0.313 e. The first kappa shape index (κ1) is 15.3. The van der Waals surface area contributed by atoms with Crippen LogP contribution in [-0.2, 0) is 0 Å². The molecule has 2 fully saturated rings. The fourth-order valence-electron chi connectivity index (χ4n) is 4.16. The van der Waals surface area contributed by atoms with Gasteiger partial charge in [0.15, 0.2) is 0 Å². The number of likely N-dealkylation sites (N-methyl/N-ethyl adjacent to an activating group) is 2. The van der Waals surface area contributed by atoms with E-state index in [0.717, 1.165) is 24.5 Å². The van der Waals surface area contributed by atoms with Gasteiger partial charge in [-0.2, -0.15) is 0 Å². The molecule has 0 aromatic heterocycles. The number of hydrogen-bond donors (Lipinski definition) is 1. The maximum Gasteiger partial charge on any atom is 0.0223 e. The smallest absolute Gasteiger partial charge is 0.0223 e. The number of rotatable bonds is 6. The van der Waals surface area contributed by atoms with Crippen LogP contribution in [0.15, 0.2) is 0 Å². The van der Waals surface area contributed by atoms with E-state index in [1.165, 1.54) is 70.8 Å². The van der Waals surface area contributed by atoms with Crippen LogP contribution in [0, 0.1) is 5.92 Å². The van der Waals surface area contributed by atoms with Crippen molar-refractivity contribution in [3.05, 3.63) is 0 Å². The molecule has 2 nitrogen and oxygen atoms in total. The van der Waals surface area contributed by atoms with Crippen LogP contribution in [0.3, 0.4) is 0 Å². The molecule has 0 aromatic carbocycles. The van der Waals surface area contributed by atoms with Crippen molar-refractivity contribution in [2.24, 2.45) is 5.92 Å². The van der Waals surface area contributed by atoms with Crippen molar-refractivity contribution in [1.29, 1.82) is 0 Å². The minimum absolute atomic E-state index is 0.734. The monoisotopic (exact) mass is 266 g/mol. The summed E-state index contributed by atoms with van der Waals surface area (Å²) in [6, 6.07) is 1.59. The van der Waals surface area contributed by atoms with Crippen molar-refractivity contribution in [3.8, 4) is 0 Å². The molecule has 1 atom stereocenters. The van der Waals surface area contributed by atoms with Gasteiger partial charge in [-0.25, -0.2) is 0 Å². The summed E-state index contributed by atoms with van der Waals surface area (Å²) in [5.74, 6) is 0.930. The van der Waals surface area contributed by atoms with Gasteiger partial charge >= 0.3 is 0 Å². The third-order valence-electron chi connectivity index (χ3n) is 5.37. The molecule has 0 saturated heterocycles. The second-order valence-corrected chi connectivity index (χ2v) is 6.79. The van der Waals surface area contributed by atoms with Crippen LogP contribution in [0.5, 0.6) is 0 Å². The zero-order valence-electron chi connectivity index (χ0n) is 13.2. The molecule has 0 amide bonds. The van der Waals surface area contributed by atoms with E-state index < -0.39 is 0 Å². The molecule has 0 bridgehead atoms. The molecule has 2 aliphatic rings. The van der Waals surface area contributed by atoms with Crippen LogP contribution in [0.1, 0.15) is 71.1 Å². The van der Waals surface area contributed by atoms with Crippen molar-refractivity contribution in [2.75, 3.05) is 20.1 Å². The van der Waals surface area contributed by atoms with Gasteiger partial charge in [0.2, 0.25) is 0 Å². The van der Waals surface area contributed by atoms with E-state index in [4.69, 9.17) is 0 Å². The van der Waals surface area contributed by atoms with E-state index in [-0.39, 0.29) is 0 Å². The number of nitrogens with zero attached hydrogens (tertiary/aromatic N) is 1. The first-order chi connectivity index (χ1) is 9.31. The zero-order valence-corrected chi connectivity index (χ0v) is 13.2. The van der Waals surface area contributed by atoms with Crippen LogP contribution in [-0.4, -0.2) is 37.1 Å². The molecule has 19 heavy (non-hydrogen) atoms. The second-order valence-electron chi connectivity index (χ2n) is 6.79. The molecule has 2 rings (SSSR count). The average Bonchev–Trinajstić information content (AvgIpc) is 2.48. The molecular weight excluding hydrogens is 232 g/mol. The molecule has 2 heteroatoms. The lowest BCUT2D eigenvalue weighted by Crippen LogP contribution is -2.48. The summed E-state index contributed by atoms with van der Waals surface area (Å²) in [7, 11) is 2.36. The van der Waals surface area contributed by atoms with Gasteiger partial charge < -0.3 is 10.2 Å². The van der Waals surface area contributed by atoms with Crippen molar-refractivity contribution < 1.29 is 0 Å². The Morgan fingerprint density at radius 1 is 0.947 bits per heavy atom.